The van der Waals surface area contributed by atoms with Crippen LogP contribution in [0, 0.1) is 0 Å². The largest absolute Gasteiger partial charge is 0.368 e. The van der Waals surface area contributed by atoms with Crippen molar-refractivity contribution in [3.8, 4) is 11.1 Å². The van der Waals surface area contributed by atoms with Crippen molar-refractivity contribution in [1.29, 1.82) is 0 Å². The second kappa shape index (κ2) is 7.50. The number of aryl methyl sites for hydroxylation is 1. The lowest BCUT2D eigenvalue weighted by atomic mass is 10.1. The summed E-state index contributed by atoms with van der Waals surface area (Å²) in [6.07, 6.45) is 4.88. The molecule has 0 bridgehead atoms. The maximum absolute atomic E-state index is 12.6. The lowest BCUT2D eigenvalue weighted by Crippen LogP contribution is -2.42. The first-order chi connectivity index (χ1) is 13.1. The molecule has 27 heavy (non-hydrogen) atoms. The molecule has 1 aromatic carbocycles. The van der Waals surface area contributed by atoms with Gasteiger partial charge in [0.05, 0.1) is 30.6 Å². The highest BCUT2D eigenvalue weighted by molar-refractivity contribution is 6.30. The molecule has 0 unspecified atom stereocenters. The van der Waals surface area contributed by atoms with Gasteiger partial charge in [0.1, 0.15) is 6.10 Å². The third-order valence-corrected chi connectivity index (χ3v) is 4.81. The Hall–Kier alpha value is -2.70. The molecule has 1 atom stereocenters. The molecule has 0 radical (unpaired) electrons. The van der Waals surface area contributed by atoms with Crippen LogP contribution in [0.5, 0.6) is 0 Å². The Labute approximate surface area is 162 Å². The lowest BCUT2D eigenvalue weighted by molar-refractivity contribution is -0.0247. The van der Waals surface area contributed by atoms with E-state index in [0.717, 1.165) is 16.8 Å². The average Bonchev–Trinajstić information content (AvgIpc) is 3.14. The Morgan fingerprint density at radius 2 is 2.11 bits per heavy atom. The number of nitrogens with zero attached hydrogens (tertiary/aromatic N) is 4. The topological polar surface area (TPSA) is 60.2 Å². The number of amides is 1. The molecule has 1 amide bonds. The molecule has 6 nitrogen and oxygen atoms in total. The fraction of sp³-hybridized carbons (Fsp3) is 0.250. The molecule has 1 aliphatic heterocycles. The van der Waals surface area contributed by atoms with Crippen LogP contribution in [0.4, 0.5) is 0 Å². The van der Waals surface area contributed by atoms with Crippen LogP contribution in [0.2, 0.25) is 5.02 Å². The van der Waals surface area contributed by atoms with Crippen molar-refractivity contribution in [1.82, 2.24) is 19.7 Å². The molecule has 0 spiro atoms. The first-order valence-corrected chi connectivity index (χ1v) is 9.09. The van der Waals surface area contributed by atoms with Crippen molar-refractivity contribution in [2.24, 2.45) is 7.05 Å². The highest BCUT2D eigenvalue weighted by atomic mass is 35.5. The van der Waals surface area contributed by atoms with E-state index < -0.39 is 0 Å². The normalized spacial score (nSPS) is 17.1. The summed E-state index contributed by atoms with van der Waals surface area (Å²) < 4.78 is 7.48. The monoisotopic (exact) mass is 382 g/mol. The molecule has 1 saturated heterocycles. The van der Waals surface area contributed by atoms with Crippen LogP contribution < -0.4 is 0 Å². The van der Waals surface area contributed by atoms with Crippen molar-refractivity contribution in [3.05, 3.63) is 71.3 Å². The molecule has 0 aliphatic carbocycles. The maximum Gasteiger partial charge on any atom is 0.257 e. The van der Waals surface area contributed by atoms with Crippen LogP contribution in [0.25, 0.3) is 11.1 Å². The minimum Gasteiger partial charge on any atom is -0.368 e. The SMILES string of the molecule is Cn1cc(C(=O)N2CCO[C@@H](c3ccc(-c4cccc(Cl)c4)cn3)C2)cn1. The van der Waals surface area contributed by atoms with Crippen LogP contribution in [0.1, 0.15) is 22.2 Å². The average molecular weight is 383 g/mol. The van der Waals surface area contributed by atoms with E-state index in [9.17, 15) is 4.79 Å². The van der Waals surface area contributed by atoms with Gasteiger partial charge in [-0.2, -0.15) is 5.10 Å². The van der Waals surface area contributed by atoms with Gasteiger partial charge in [0.25, 0.3) is 5.91 Å². The van der Waals surface area contributed by atoms with Gasteiger partial charge in [0.2, 0.25) is 0 Å². The zero-order valence-electron chi connectivity index (χ0n) is 14.9. The van der Waals surface area contributed by atoms with Crippen LogP contribution in [0.3, 0.4) is 0 Å². The summed E-state index contributed by atoms with van der Waals surface area (Å²) in [6.45, 7) is 1.51. The predicted octanol–water partition coefficient (Wildman–Crippen LogP) is 3.35. The number of aromatic nitrogens is 3. The number of benzene rings is 1. The van der Waals surface area contributed by atoms with Crippen LogP contribution in [-0.2, 0) is 11.8 Å². The molecule has 3 aromatic rings. The van der Waals surface area contributed by atoms with Gasteiger partial charge >= 0.3 is 0 Å². The summed E-state index contributed by atoms with van der Waals surface area (Å²) in [7, 11) is 1.80. The number of hydrogen-bond donors (Lipinski definition) is 0. The Morgan fingerprint density at radius 3 is 2.81 bits per heavy atom. The van der Waals surface area contributed by atoms with Gasteiger partial charge < -0.3 is 9.64 Å². The van der Waals surface area contributed by atoms with Gasteiger partial charge in [-0.3, -0.25) is 14.5 Å². The Morgan fingerprint density at radius 1 is 1.22 bits per heavy atom. The standard InChI is InChI=1S/C20H19ClN4O2/c1-24-12-16(11-23-24)20(26)25-7-8-27-19(13-25)18-6-5-15(10-22-18)14-3-2-4-17(21)9-14/h2-6,9-12,19H,7-8,13H2,1H3/t19-/m1/s1. The Kier molecular flexibility index (Phi) is 4.92. The van der Waals surface area contributed by atoms with E-state index in [2.05, 4.69) is 10.1 Å². The number of halogens is 1. The maximum atomic E-state index is 12.6. The van der Waals surface area contributed by atoms with Crippen molar-refractivity contribution in [2.75, 3.05) is 19.7 Å². The first-order valence-electron chi connectivity index (χ1n) is 8.71. The fourth-order valence-electron chi connectivity index (χ4n) is 3.16. The number of carbonyl (C=O) groups is 1. The summed E-state index contributed by atoms with van der Waals surface area (Å²) in [6, 6.07) is 11.6. The van der Waals surface area contributed by atoms with E-state index in [1.54, 1.807) is 29.0 Å². The number of carbonyl (C=O) groups excluding carboxylic acids is 1. The van der Waals surface area contributed by atoms with Gasteiger partial charge in [-0.25, -0.2) is 0 Å². The minimum atomic E-state index is -0.243. The molecule has 4 rings (SSSR count). The third kappa shape index (κ3) is 3.86. The summed E-state index contributed by atoms with van der Waals surface area (Å²) in [5, 5.41) is 4.76. The molecule has 3 heterocycles. The Bertz CT molecular complexity index is 955. The summed E-state index contributed by atoms with van der Waals surface area (Å²) in [5.41, 5.74) is 3.40. The van der Waals surface area contributed by atoms with Crippen molar-refractivity contribution in [2.45, 2.75) is 6.10 Å². The smallest absolute Gasteiger partial charge is 0.257 e. The van der Waals surface area contributed by atoms with E-state index in [4.69, 9.17) is 16.3 Å². The lowest BCUT2D eigenvalue weighted by Gasteiger charge is -2.32. The third-order valence-electron chi connectivity index (χ3n) is 4.58. The van der Waals surface area contributed by atoms with E-state index >= 15 is 0 Å². The van der Waals surface area contributed by atoms with Crippen LogP contribution in [0.15, 0.2) is 55.0 Å². The zero-order valence-corrected chi connectivity index (χ0v) is 15.6. The number of rotatable bonds is 3. The van der Waals surface area contributed by atoms with E-state index in [1.165, 1.54) is 0 Å². The molecule has 0 N–H and O–H groups in total. The van der Waals surface area contributed by atoms with Gasteiger partial charge in [-0.15, -0.1) is 0 Å². The highest BCUT2D eigenvalue weighted by Crippen LogP contribution is 2.26. The van der Waals surface area contributed by atoms with Gasteiger partial charge in [0, 0.05) is 36.6 Å². The van der Waals surface area contributed by atoms with E-state index in [-0.39, 0.29) is 12.0 Å². The summed E-state index contributed by atoms with van der Waals surface area (Å²) >= 11 is 6.06. The molecule has 1 aliphatic rings. The zero-order chi connectivity index (χ0) is 18.8. The molecule has 1 fully saturated rings. The van der Waals surface area contributed by atoms with E-state index in [0.29, 0.717) is 30.3 Å². The van der Waals surface area contributed by atoms with Crippen molar-refractivity contribution < 1.29 is 9.53 Å². The molecule has 0 saturated carbocycles. The summed E-state index contributed by atoms with van der Waals surface area (Å²) in [4.78, 5) is 19.0. The number of hydrogen-bond acceptors (Lipinski definition) is 4. The second-order valence-corrected chi connectivity index (χ2v) is 6.93. The minimum absolute atomic E-state index is 0.0352. The summed E-state index contributed by atoms with van der Waals surface area (Å²) in [5.74, 6) is -0.0352. The van der Waals surface area contributed by atoms with E-state index in [1.807, 2.05) is 42.6 Å². The fourth-order valence-corrected chi connectivity index (χ4v) is 3.35. The number of pyridine rings is 1. The molecular weight excluding hydrogens is 364 g/mol. The molecule has 7 heteroatoms. The van der Waals surface area contributed by atoms with Crippen molar-refractivity contribution >= 4 is 17.5 Å². The quantitative estimate of drug-likeness (QED) is 0.697. The molecule has 138 valence electrons. The van der Waals surface area contributed by atoms with Crippen LogP contribution in [-0.4, -0.2) is 45.3 Å². The molecule has 2 aromatic heterocycles. The highest BCUT2D eigenvalue weighted by Gasteiger charge is 2.27. The molecular formula is C20H19ClN4O2. The number of morpholine rings is 1. The second-order valence-electron chi connectivity index (χ2n) is 6.50. The first kappa shape index (κ1) is 17.7. The Balaban J connectivity index is 1.49. The van der Waals surface area contributed by atoms with Crippen molar-refractivity contribution in [3.63, 3.8) is 0 Å². The van der Waals surface area contributed by atoms with Gasteiger partial charge in [0.15, 0.2) is 0 Å². The number of ether oxygens (including phenoxy) is 1. The van der Waals surface area contributed by atoms with Gasteiger partial charge in [-0.1, -0.05) is 29.8 Å². The van der Waals surface area contributed by atoms with Gasteiger partial charge in [-0.05, 0) is 23.8 Å². The van der Waals surface area contributed by atoms with Crippen LogP contribution >= 0.6 is 11.6 Å². The predicted molar refractivity (Wildman–Crippen MR) is 102 cm³/mol.